The van der Waals surface area contributed by atoms with Gasteiger partial charge in [0, 0.05) is 18.2 Å². The van der Waals surface area contributed by atoms with Crippen molar-refractivity contribution in [3.63, 3.8) is 0 Å². The van der Waals surface area contributed by atoms with E-state index in [9.17, 15) is 0 Å². The maximum absolute atomic E-state index is 5.89. The summed E-state index contributed by atoms with van der Waals surface area (Å²) in [6, 6.07) is 0.0307. The summed E-state index contributed by atoms with van der Waals surface area (Å²) in [7, 11) is 0. The van der Waals surface area contributed by atoms with Crippen molar-refractivity contribution < 1.29 is 0 Å². The number of aromatic amines is 1. The van der Waals surface area contributed by atoms with Crippen LogP contribution in [0.5, 0.6) is 0 Å². The van der Waals surface area contributed by atoms with Gasteiger partial charge in [-0.2, -0.15) is 0 Å². The Bertz CT molecular complexity index is 355. The highest BCUT2D eigenvalue weighted by Crippen LogP contribution is 2.15. The van der Waals surface area contributed by atoms with Gasteiger partial charge in [0.25, 0.3) is 0 Å². The molecule has 0 saturated carbocycles. The van der Waals surface area contributed by atoms with E-state index >= 15 is 0 Å². The highest BCUT2D eigenvalue weighted by Gasteiger charge is 2.09. The zero-order valence-corrected chi connectivity index (χ0v) is 13.7. The molecule has 1 rings (SSSR count). The summed E-state index contributed by atoms with van der Waals surface area (Å²) in [5, 5.41) is 0. The van der Waals surface area contributed by atoms with Crippen LogP contribution in [-0.4, -0.2) is 9.97 Å². The van der Waals surface area contributed by atoms with Crippen LogP contribution in [0.3, 0.4) is 0 Å². The minimum atomic E-state index is 0.0307. The Morgan fingerprint density at radius 2 is 1.55 bits per heavy atom. The van der Waals surface area contributed by atoms with Gasteiger partial charge in [0.1, 0.15) is 5.82 Å². The third-order valence-electron chi connectivity index (χ3n) is 3.92. The molecule has 1 atom stereocenters. The Kier molecular flexibility index (Phi) is 8.59. The molecule has 0 aromatic carbocycles. The molecule has 0 fully saturated rings. The molecule has 0 radical (unpaired) electrons. The molecule has 1 aromatic rings. The number of hydrogen-bond acceptors (Lipinski definition) is 2. The minimum absolute atomic E-state index is 0.0307. The first kappa shape index (κ1) is 17.2. The van der Waals surface area contributed by atoms with Crippen molar-refractivity contribution >= 4 is 0 Å². The molecule has 0 saturated heterocycles. The molecule has 3 N–H and O–H groups in total. The highest BCUT2D eigenvalue weighted by molar-refractivity contribution is 5.16. The number of imidazole rings is 1. The van der Waals surface area contributed by atoms with E-state index in [0.717, 1.165) is 23.6 Å². The fourth-order valence-corrected chi connectivity index (χ4v) is 2.70. The molecule has 1 unspecified atom stereocenters. The maximum Gasteiger partial charge on any atom is 0.106 e. The van der Waals surface area contributed by atoms with Crippen molar-refractivity contribution in [3.05, 3.63) is 17.2 Å². The predicted octanol–water partition coefficient (Wildman–Crippen LogP) is 4.81. The summed E-state index contributed by atoms with van der Waals surface area (Å²) in [5.74, 6) is 1.11. The van der Waals surface area contributed by atoms with Gasteiger partial charge in [-0.15, -0.1) is 0 Å². The first-order valence-electron chi connectivity index (χ1n) is 8.46. The summed E-state index contributed by atoms with van der Waals surface area (Å²) in [6.07, 6.45) is 13.4. The molecule has 1 heterocycles. The Labute approximate surface area is 124 Å². The van der Waals surface area contributed by atoms with Gasteiger partial charge >= 0.3 is 0 Å². The highest BCUT2D eigenvalue weighted by atomic mass is 15.0. The minimum Gasteiger partial charge on any atom is -0.346 e. The molecular weight excluding hydrogens is 246 g/mol. The van der Waals surface area contributed by atoms with Crippen molar-refractivity contribution in [2.24, 2.45) is 5.73 Å². The number of nitrogens with zero attached hydrogens (tertiary/aromatic N) is 1. The molecule has 0 amide bonds. The molecule has 0 aliphatic rings. The van der Waals surface area contributed by atoms with E-state index in [0.29, 0.717) is 0 Å². The third kappa shape index (κ3) is 6.56. The van der Waals surface area contributed by atoms with Crippen LogP contribution in [0.25, 0.3) is 0 Å². The van der Waals surface area contributed by atoms with Crippen LogP contribution in [0.4, 0.5) is 0 Å². The number of hydrogen-bond donors (Lipinski definition) is 2. The topological polar surface area (TPSA) is 54.7 Å². The molecule has 0 aliphatic carbocycles. The van der Waals surface area contributed by atoms with E-state index in [4.69, 9.17) is 5.73 Å². The summed E-state index contributed by atoms with van der Waals surface area (Å²) in [4.78, 5) is 7.96. The van der Waals surface area contributed by atoms with Crippen molar-refractivity contribution in [2.75, 3.05) is 0 Å². The smallest absolute Gasteiger partial charge is 0.106 e. The molecule has 1 aromatic heterocycles. The predicted molar refractivity (Wildman–Crippen MR) is 86.9 cm³/mol. The van der Waals surface area contributed by atoms with Gasteiger partial charge in [0.2, 0.25) is 0 Å². The van der Waals surface area contributed by atoms with Gasteiger partial charge in [0.15, 0.2) is 0 Å². The maximum atomic E-state index is 5.89. The van der Waals surface area contributed by atoms with Crippen LogP contribution in [0.1, 0.15) is 94.9 Å². The molecule has 0 aliphatic heterocycles. The van der Waals surface area contributed by atoms with Gasteiger partial charge in [0.05, 0.1) is 5.69 Å². The molecule has 0 spiro atoms. The Morgan fingerprint density at radius 1 is 1.00 bits per heavy atom. The first-order valence-corrected chi connectivity index (χ1v) is 8.46. The van der Waals surface area contributed by atoms with Crippen LogP contribution in [0, 0.1) is 6.92 Å². The van der Waals surface area contributed by atoms with Crippen LogP contribution >= 0.6 is 0 Å². The molecule has 116 valence electrons. The lowest BCUT2D eigenvalue weighted by Gasteiger charge is -2.01. The van der Waals surface area contributed by atoms with E-state index in [-0.39, 0.29) is 6.04 Å². The van der Waals surface area contributed by atoms with Crippen molar-refractivity contribution in [1.82, 2.24) is 9.97 Å². The van der Waals surface area contributed by atoms with Crippen molar-refractivity contribution in [1.29, 1.82) is 0 Å². The normalized spacial score (nSPS) is 12.8. The molecule has 0 bridgehead atoms. The number of rotatable bonds is 11. The van der Waals surface area contributed by atoms with Crippen LogP contribution < -0.4 is 5.73 Å². The summed E-state index contributed by atoms with van der Waals surface area (Å²) in [6.45, 7) is 6.32. The lowest BCUT2D eigenvalue weighted by molar-refractivity contribution is 0.562. The second-order valence-corrected chi connectivity index (χ2v) is 6.06. The van der Waals surface area contributed by atoms with E-state index in [1.807, 2.05) is 6.92 Å². The lowest BCUT2D eigenvalue weighted by atomic mass is 10.1. The zero-order valence-electron chi connectivity index (χ0n) is 13.7. The van der Waals surface area contributed by atoms with Gasteiger partial charge in [-0.25, -0.2) is 4.98 Å². The Balaban J connectivity index is 2.05. The number of aromatic nitrogens is 2. The first-order chi connectivity index (χ1) is 9.65. The standard InChI is InChI=1S/C17H33N3/c1-4-5-6-7-8-9-10-11-12-13-16-19-15(3)17(20-16)14(2)18/h14H,4-13,18H2,1-3H3,(H,19,20). The van der Waals surface area contributed by atoms with Gasteiger partial charge < -0.3 is 10.7 Å². The summed E-state index contributed by atoms with van der Waals surface area (Å²) in [5.41, 5.74) is 8.04. The number of H-pyrrole nitrogens is 1. The number of unbranched alkanes of at least 4 members (excludes halogenated alkanes) is 8. The number of nitrogens with one attached hydrogen (secondary N) is 1. The van der Waals surface area contributed by atoms with Gasteiger partial charge in [-0.3, -0.25) is 0 Å². The summed E-state index contributed by atoms with van der Waals surface area (Å²) >= 11 is 0. The monoisotopic (exact) mass is 279 g/mol. The molecule has 3 heteroatoms. The third-order valence-corrected chi connectivity index (χ3v) is 3.92. The van der Waals surface area contributed by atoms with Crippen molar-refractivity contribution in [2.45, 2.75) is 91.0 Å². The SMILES string of the molecule is CCCCCCCCCCCc1nc(C(C)N)c(C)[nH]1. The van der Waals surface area contributed by atoms with E-state index < -0.39 is 0 Å². The molecule has 3 nitrogen and oxygen atoms in total. The fourth-order valence-electron chi connectivity index (χ4n) is 2.70. The second-order valence-electron chi connectivity index (χ2n) is 6.06. The average Bonchev–Trinajstić information content (AvgIpc) is 2.78. The van der Waals surface area contributed by atoms with Crippen LogP contribution in [0.2, 0.25) is 0 Å². The van der Waals surface area contributed by atoms with E-state index in [1.54, 1.807) is 0 Å². The van der Waals surface area contributed by atoms with Crippen LogP contribution in [0.15, 0.2) is 0 Å². The van der Waals surface area contributed by atoms with E-state index in [1.165, 1.54) is 57.8 Å². The Hall–Kier alpha value is -0.830. The quantitative estimate of drug-likeness (QED) is 0.571. The second kappa shape index (κ2) is 9.98. The average molecular weight is 279 g/mol. The zero-order chi connectivity index (χ0) is 14.8. The molecular formula is C17H33N3. The number of aryl methyl sites for hydroxylation is 2. The Morgan fingerprint density at radius 3 is 2.05 bits per heavy atom. The summed E-state index contributed by atoms with van der Waals surface area (Å²) < 4.78 is 0. The van der Waals surface area contributed by atoms with Crippen LogP contribution in [-0.2, 0) is 6.42 Å². The number of nitrogens with two attached hydrogens (primary N) is 1. The van der Waals surface area contributed by atoms with Gasteiger partial charge in [-0.05, 0) is 20.3 Å². The lowest BCUT2D eigenvalue weighted by Crippen LogP contribution is -2.06. The van der Waals surface area contributed by atoms with E-state index in [2.05, 4.69) is 23.8 Å². The van der Waals surface area contributed by atoms with Crippen molar-refractivity contribution in [3.8, 4) is 0 Å². The fraction of sp³-hybridized carbons (Fsp3) is 0.824. The largest absolute Gasteiger partial charge is 0.346 e. The van der Waals surface area contributed by atoms with Gasteiger partial charge in [-0.1, -0.05) is 58.3 Å². The molecule has 20 heavy (non-hydrogen) atoms.